The minimum Gasteiger partial charge on any atom is -0.496 e. The highest BCUT2D eigenvalue weighted by molar-refractivity contribution is 5.40. The van der Waals surface area contributed by atoms with E-state index >= 15 is 0 Å². The van der Waals surface area contributed by atoms with Crippen molar-refractivity contribution in [3.05, 3.63) is 23.0 Å². The minimum absolute atomic E-state index is 0.787. The third kappa shape index (κ3) is 4.27. The Morgan fingerprint density at radius 2 is 2.00 bits per heavy atom. The Morgan fingerprint density at radius 3 is 2.67 bits per heavy atom. The number of unbranched alkanes of at least 4 members (excludes halogenated alkanes) is 1. The highest BCUT2D eigenvalue weighted by Crippen LogP contribution is 2.23. The number of rotatable bonds is 8. The van der Waals surface area contributed by atoms with Gasteiger partial charge in [0.2, 0.25) is 0 Å². The third-order valence-electron chi connectivity index (χ3n) is 2.99. The van der Waals surface area contributed by atoms with Crippen LogP contribution in [-0.4, -0.2) is 32.4 Å². The maximum Gasteiger partial charge on any atom is 0.128 e. The first-order valence-corrected chi connectivity index (χ1v) is 6.39. The molecule has 0 aliphatic heterocycles. The van der Waals surface area contributed by atoms with Crippen molar-refractivity contribution in [2.75, 3.05) is 27.4 Å². The molecule has 0 bridgehead atoms. The normalized spacial score (nSPS) is 10.7. The molecule has 0 saturated carbocycles. The topological polar surface area (TPSA) is 43.4 Å². The number of hydrogen-bond acceptors (Lipinski definition) is 4. The molecule has 18 heavy (non-hydrogen) atoms. The number of aromatic nitrogens is 1. The number of ether oxygens (including phenoxy) is 2. The second-order valence-electron chi connectivity index (χ2n) is 4.42. The van der Waals surface area contributed by atoms with E-state index in [1.165, 1.54) is 0 Å². The summed E-state index contributed by atoms with van der Waals surface area (Å²) in [4.78, 5) is 4.45. The molecule has 0 unspecified atom stereocenters. The van der Waals surface area contributed by atoms with Crippen LogP contribution in [0.1, 0.15) is 29.7 Å². The van der Waals surface area contributed by atoms with Gasteiger partial charge in [0, 0.05) is 37.6 Å². The Bertz CT molecular complexity index is 367. The van der Waals surface area contributed by atoms with Crippen molar-refractivity contribution in [2.45, 2.75) is 33.2 Å². The third-order valence-corrected chi connectivity index (χ3v) is 2.99. The molecule has 0 aromatic carbocycles. The van der Waals surface area contributed by atoms with Gasteiger partial charge in [-0.3, -0.25) is 4.98 Å². The Kier molecular flexibility index (Phi) is 6.68. The molecule has 0 atom stereocenters. The lowest BCUT2D eigenvalue weighted by Crippen LogP contribution is -2.17. The highest BCUT2D eigenvalue weighted by atomic mass is 16.5. The maximum atomic E-state index is 5.39. The number of pyridine rings is 1. The van der Waals surface area contributed by atoms with Gasteiger partial charge in [-0.05, 0) is 33.2 Å². The standard InChI is InChI=1S/C14H24N2O2/c1-11-9-16-13(12(2)14(11)18-4)10-15-7-5-6-8-17-3/h9,15H,5-8,10H2,1-4H3. The van der Waals surface area contributed by atoms with E-state index < -0.39 is 0 Å². The van der Waals surface area contributed by atoms with Crippen molar-refractivity contribution in [1.29, 1.82) is 0 Å². The molecule has 1 N–H and O–H groups in total. The zero-order valence-corrected chi connectivity index (χ0v) is 11.9. The molecule has 0 fully saturated rings. The van der Waals surface area contributed by atoms with Crippen LogP contribution >= 0.6 is 0 Å². The second kappa shape index (κ2) is 8.06. The van der Waals surface area contributed by atoms with E-state index in [4.69, 9.17) is 9.47 Å². The summed E-state index contributed by atoms with van der Waals surface area (Å²) in [6, 6.07) is 0. The van der Waals surface area contributed by atoms with Gasteiger partial charge in [-0.2, -0.15) is 0 Å². The van der Waals surface area contributed by atoms with E-state index in [-0.39, 0.29) is 0 Å². The van der Waals surface area contributed by atoms with Crippen LogP contribution in [0.2, 0.25) is 0 Å². The summed E-state index contributed by atoms with van der Waals surface area (Å²) in [5.41, 5.74) is 3.27. The Morgan fingerprint density at radius 1 is 1.22 bits per heavy atom. The zero-order valence-electron chi connectivity index (χ0n) is 11.9. The Balaban J connectivity index is 2.43. The predicted octanol–water partition coefficient (Wildman–Crippen LogP) is 2.22. The van der Waals surface area contributed by atoms with E-state index in [0.29, 0.717) is 0 Å². The molecule has 1 rings (SSSR count). The fraction of sp³-hybridized carbons (Fsp3) is 0.643. The molecule has 4 nitrogen and oxygen atoms in total. The summed E-state index contributed by atoms with van der Waals surface area (Å²) in [6.07, 6.45) is 4.08. The van der Waals surface area contributed by atoms with Crippen molar-refractivity contribution < 1.29 is 9.47 Å². The summed E-state index contributed by atoms with van der Waals surface area (Å²) >= 11 is 0. The van der Waals surface area contributed by atoms with E-state index in [9.17, 15) is 0 Å². The number of nitrogens with one attached hydrogen (secondary N) is 1. The number of methoxy groups -OCH3 is 2. The van der Waals surface area contributed by atoms with Gasteiger partial charge in [0.05, 0.1) is 12.8 Å². The monoisotopic (exact) mass is 252 g/mol. The number of hydrogen-bond donors (Lipinski definition) is 1. The molecule has 0 amide bonds. The van der Waals surface area contributed by atoms with Crippen molar-refractivity contribution in [1.82, 2.24) is 10.3 Å². The van der Waals surface area contributed by atoms with Crippen LogP contribution in [0.25, 0.3) is 0 Å². The van der Waals surface area contributed by atoms with Gasteiger partial charge in [-0.15, -0.1) is 0 Å². The van der Waals surface area contributed by atoms with Crippen LogP contribution in [0.15, 0.2) is 6.20 Å². The second-order valence-corrected chi connectivity index (χ2v) is 4.42. The maximum absolute atomic E-state index is 5.39. The highest BCUT2D eigenvalue weighted by Gasteiger charge is 2.08. The van der Waals surface area contributed by atoms with Gasteiger partial charge in [0.15, 0.2) is 0 Å². The van der Waals surface area contributed by atoms with Crippen LogP contribution in [0.3, 0.4) is 0 Å². The van der Waals surface area contributed by atoms with Crippen LogP contribution < -0.4 is 10.1 Å². The summed E-state index contributed by atoms with van der Waals surface area (Å²) in [5.74, 6) is 0.946. The Hall–Kier alpha value is -1.13. The molecule has 0 aliphatic carbocycles. The lowest BCUT2D eigenvalue weighted by atomic mass is 10.1. The average molecular weight is 252 g/mol. The van der Waals surface area contributed by atoms with E-state index in [0.717, 1.165) is 55.1 Å². The molecule has 0 spiro atoms. The van der Waals surface area contributed by atoms with E-state index in [1.807, 2.05) is 13.1 Å². The van der Waals surface area contributed by atoms with Gasteiger partial charge in [0.25, 0.3) is 0 Å². The van der Waals surface area contributed by atoms with Crippen molar-refractivity contribution in [3.63, 3.8) is 0 Å². The van der Waals surface area contributed by atoms with Crippen LogP contribution in [0.4, 0.5) is 0 Å². The number of aryl methyl sites for hydroxylation is 1. The van der Waals surface area contributed by atoms with Gasteiger partial charge in [-0.25, -0.2) is 0 Å². The SMILES string of the molecule is COCCCCNCc1ncc(C)c(OC)c1C. The van der Waals surface area contributed by atoms with Gasteiger partial charge in [0.1, 0.15) is 5.75 Å². The lowest BCUT2D eigenvalue weighted by molar-refractivity contribution is 0.192. The molecule has 1 aromatic heterocycles. The van der Waals surface area contributed by atoms with Crippen molar-refractivity contribution in [2.24, 2.45) is 0 Å². The molecule has 4 heteroatoms. The van der Waals surface area contributed by atoms with E-state index in [1.54, 1.807) is 14.2 Å². The van der Waals surface area contributed by atoms with E-state index in [2.05, 4.69) is 17.2 Å². The molecule has 102 valence electrons. The van der Waals surface area contributed by atoms with Gasteiger partial charge in [-0.1, -0.05) is 0 Å². The van der Waals surface area contributed by atoms with Crippen LogP contribution in [0.5, 0.6) is 5.75 Å². The first-order chi connectivity index (χ1) is 8.70. The van der Waals surface area contributed by atoms with Crippen molar-refractivity contribution in [3.8, 4) is 5.75 Å². The number of nitrogens with zero attached hydrogens (tertiary/aromatic N) is 1. The fourth-order valence-electron chi connectivity index (χ4n) is 1.95. The van der Waals surface area contributed by atoms with Crippen LogP contribution in [-0.2, 0) is 11.3 Å². The molecule has 0 saturated heterocycles. The summed E-state index contributed by atoms with van der Waals surface area (Å²) < 4.78 is 10.4. The molecule has 0 radical (unpaired) electrons. The lowest BCUT2D eigenvalue weighted by Gasteiger charge is -2.12. The van der Waals surface area contributed by atoms with Gasteiger partial charge < -0.3 is 14.8 Å². The first kappa shape index (κ1) is 14.9. The van der Waals surface area contributed by atoms with Crippen LogP contribution in [0, 0.1) is 13.8 Å². The smallest absolute Gasteiger partial charge is 0.128 e. The summed E-state index contributed by atoms with van der Waals surface area (Å²) in [6.45, 7) is 6.68. The average Bonchev–Trinajstić information content (AvgIpc) is 2.36. The molecular weight excluding hydrogens is 228 g/mol. The fourth-order valence-corrected chi connectivity index (χ4v) is 1.95. The molecule has 1 aromatic rings. The predicted molar refractivity (Wildman–Crippen MR) is 73.1 cm³/mol. The van der Waals surface area contributed by atoms with Gasteiger partial charge >= 0.3 is 0 Å². The zero-order chi connectivity index (χ0) is 13.4. The molecular formula is C14H24N2O2. The molecule has 1 heterocycles. The first-order valence-electron chi connectivity index (χ1n) is 6.39. The minimum atomic E-state index is 0.787. The summed E-state index contributed by atoms with van der Waals surface area (Å²) in [5, 5.41) is 3.40. The largest absolute Gasteiger partial charge is 0.496 e. The van der Waals surface area contributed by atoms with Crippen molar-refractivity contribution >= 4 is 0 Å². The summed E-state index contributed by atoms with van der Waals surface area (Å²) in [7, 11) is 3.44. The molecule has 0 aliphatic rings. The Labute approximate surface area is 110 Å². The quantitative estimate of drug-likeness (QED) is 0.720.